The van der Waals surface area contributed by atoms with E-state index in [0.29, 0.717) is 16.6 Å². The number of rotatable bonds is 6. The lowest BCUT2D eigenvalue weighted by atomic mass is 10.1. The van der Waals surface area contributed by atoms with Crippen molar-refractivity contribution in [2.45, 2.75) is 10.9 Å². The van der Waals surface area contributed by atoms with Crippen LogP contribution in [0.1, 0.15) is 5.56 Å². The van der Waals surface area contributed by atoms with Gasteiger partial charge in [-0.25, -0.2) is 4.98 Å². The third-order valence-corrected chi connectivity index (χ3v) is 4.99. The summed E-state index contributed by atoms with van der Waals surface area (Å²) in [6, 6.07) is 28.8. The zero-order chi connectivity index (χ0) is 19.2. The van der Waals surface area contributed by atoms with Gasteiger partial charge in [-0.1, -0.05) is 72.4 Å². The van der Waals surface area contributed by atoms with Crippen molar-refractivity contribution in [2.24, 2.45) is 0 Å². The highest BCUT2D eigenvalue weighted by atomic mass is 32.2. The maximum absolute atomic E-state index is 12.0. The van der Waals surface area contributed by atoms with Crippen LogP contribution >= 0.6 is 11.8 Å². The number of aromatic amines is 1. The number of hydrogen-bond donors (Lipinski definition) is 1. The Hall–Kier alpha value is -3.31. The first-order valence-electron chi connectivity index (χ1n) is 8.88. The Morgan fingerprint density at radius 1 is 0.821 bits per heavy atom. The first-order chi connectivity index (χ1) is 13.8. The molecule has 0 amide bonds. The molecule has 1 N–H and O–H groups in total. The van der Waals surface area contributed by atoms with Crippen LogP contribution in [0.15, 0.2) is 101 Å². The van der Waals surface area contributed by atoms with E-state index in [2.05, 4.69) is 9.97 Å². The molecule has 4 aromatic rings. The summed E-state index contributed by atoms with van der Waals surface area (Å²) in [5.74, 6) is 2.25. The van der Waals surface area contributed by atoms with Gasteiger partial charge < -0.3 is 9.72 Å². The van der Waals surface area contributed by atoms with Crippen LogP contribution in [0.3, 0.4) is 0 Å². The molecule has 0 saturated carbocycles. The van der Waals surface area contributed by atoms with Gasteiger partial charge in [0.05, 0.1) is 5.69 Å². The number of aromatic nitrogens is 2. The smallest absolute Gasteiger partial charge is 0.252 e. The Morgan fingerprint density at radius 2 is 1.54 bits per heavy atom. The van der Waals surface area contributed by atoms with Gasteiger partial charge in [0.25, 0.3) is 5.56 Å². The lowest BCUT2D eigenvalue weighted by Crippen LogP contribution is -2.08. The molecule has 4 rings (SSSR count). The maximum atomic E-state index is 12.0. The summed E-state index contributed by atoms with van der Waals surface area (Å²) in [5.41, 5.74) is 2.53. The van der Waals surface area contributed by atoms with Crippen molar-refractivity contribution in [3.05, 3.63) is 107 Å². The fourth-order valence-corrected chi connectivity index (χ4v) is 3.55. The van der Waals surface area contributed by atoms with E-state index >= 15 is 0 Å². The van der Waals surface area contributed by atoms with E-state index in [1.807, 2.05) is 84.9 Å². The van der Waals surface area contributed by atoms with Gasteiger partial charge in [0, 0.05) is 17.4 Å². The second-order valence-corrected chi connectivity index (χ2v) is 7.12. The molecule has 138 valence electrons. The molecular formula is C23H18N2O2S. The van der Waals surface area contributed by atoms with Crippen molar-refractivity contribution in [2.75, 3.05) is 0 Å². The number of nitrogens with zero attached hydrogens (tertiary/aromatic N) is 1. The molecular weight excluding hydrogens is 368 g/mol. The number of para-hydroxylation sites is 1. The Labute approximate surface area is 167 Å². The molecule has 1 heterocycles. The fourth-order valence-electron chi connectivity index (χ4n) is 2.74. The zero-order valence-electron chi connectivity index (χ0n) is 15.0. The average molecular weight is 386 g/mol. The van der Waals surface area contributed by atoms with Gasteiger partial charge in [0.1, 0.15) is 11.5 Å². The van der Waals surface area contributed by atoms with E-state index in [-0.39, 0.29) is 5.56 Å². The fraction of sp³-hybridized carbons (Fsp3) is 0.0435. The highest BCUT2D eigenvalue weighted by Crippen LogP contribution is 2.26. The Bertz CT molecular complexity index is 1110. The van der Waals surface area contributed by atoms with Gasteiger partial charge in [-0.2, -0.15) is 0 Å². The number of nitrogens with one attached hydrogen (secondary N) is 1. The third-order valence-electron chi connectivity index (χ3n) is 4.04. The van der Waals surface area contributed by atoms with Crippen molar-refractivity contribution in [1.82, 2.24) is 9.97 Å². The largest absolute Gasteiger partial charge is 0.457 e. The van der Waals surface area contributed by atoms with Crippen molar-refractivity contribution < 1.29 is 4.74 Å². The summed E-state index contributed by atoms with van der Waals surface area (Å²) in [5, 5.41) is 0.598. The summed E-state index contributed by atoms with van der Waals surface area (Å²) < 4.78 is 5.88. The standard InChI is InChI=1S/C23H18N2O2S/c26-22-15-21(18-9-3-1-4-10-18)24-23(25-22)28-16-17-8-7-13-20(14-17)27-19-11-5-2-6-12-19/h1-15H,16H2,(H,24,25,26). The lowest BCUT2D eigenvalue weighted by Gasteiger charge is -2.08. The summed E-state index contributed by atoms with van der Waals surface area (Å²) >= 11 is 1.49. The molecule has 0 aliphatic heterocycles. The molecule has 0 aliphatic rings. The van der Waals surface area contributed by atoms with Crippen LogP contribution < -0.4 is 10.3 Å². The van der Waals surface area contributed by atoms with Gasteiger partial charge in [0.2, 0.25) is 0 Å². The Balaban J connectivity index is 1.48. The second kappa shape index (κ2) is 8.59. The number of thioether (sulfide) groups is 1. The summed E-state index contributed by atoms with van der Waals surface area (Å²) in [7, 11) is 0. The molecule has 0 spiro atoms. The molecule has 5 heteroatoms. The quantitative estimate of drug-likeness (QED) is 0.350. The molecule has 0 radical (unpaired) electrons. The van der Waals surface area contributed by atoms with Crippen molar-refractivity contribution >= 4 is 11.8 Å². The minimum atomic E-state index is -0.155. The molecule has 3 aromatic carbocycles. The van der Waals surface area contributed by atoms with E-state index in [0.717, 1.165) is 22.6 Å². The number of hydrogen-bond acceptors (Lipinski definition) is 4. The van der Waals surface area contributed by atoms with Crippen molar-refractivity contribution in [3.8, 4) is 22.8 Å². The van der Waals surface area contributed by atoms with Gasteiger partial charge in [0.15, 0.2) is 5.16 Å². The number of ether oxygens (including phenoxy) is 1. The zero-order valence-corrected chi connectivity index (χ0v) is 15.9. The Morgan fingerprint density at radius 3 is 2.32 bits per heavy atom. The number of H-pyrrole nitrogens is 1. The van der Waals surface area contributed by atoms with Crippen LogP contribution in [-0.4, -0.2) is 9.97 Å². The van der Waals surface area contributed by atoms with E-state index in [1.54, 1.807) is 0 Å². The van der Waals surface area contributed by atoms with Gasteiger partial charge in [-0.3, -0.25) is 4.79 Å². The molecule has 0 fully saturated rings. The maximum Gasteiger partial charge on any atom is 0.252 e. The molecule has 0 saturated heterocycles. The molecule has 4 nitrogen and oxygen atoms in total. The molecule has 28 heavy (non-hydrogen) atoms. The minimum Gasteiger partial charge on any atom is -0.457 e. The predicted molar refractivity (Wildman–Crippen MR) is 113 cm³/mol. The van der Waals surface area contributed by atoms with Crippen LogP contribution in [0.25, 0.3) is 11.3 Å². The highest BCUT2D eigenvalue weighted by Gasteiger charge is 2.06. The molecule has 0 atom stereocenters. The summed E-state index contributed by atoms with van der Waals surface area (Å²) in [6.07, 6.45) is 0. The highest BCUT2D eigenvalue weighted by molar-refractivity contribution is 7.98. The number of benzene rings is 3. The Kier molecular flexibility index (Phi) is 5.54. The van der Waals surface area contributed by atoms with Crippen LogP contribution in [0.2, 0.25) is 0 Å². The second-order valence-electron chi connectivity index (χ2n) is 6.15. The molecule has 0 bridgehead atoms. The molecule has 0 aliphatic carbocycles. The first-order valence-corrected chi connectivity index (χ1v) is 9.86. The predicted octanol–water partition coefficient (Wildman–Crippen LogP) is 5.52. The van der Waals surface area contributed by atoms with E-state index in [4.69, 9.17) is 4.74 Å². The SMILES string of the molecule is O=c1cc(-c2ccccc2)nc(SCc2cccc(Oc3ccccc3)c2)[nH]1. The lowest BCUT2D eigenvalue weighted by molar-refractivity contribution is 0.482. The van der Waals surface area contributed by atoms with Crippen molar-refractivity contribution in [1.29, 1.82) is 0 Å². The van der Waals surface area contributed by atoms with Crippen molar-refractivity contribution in [3.63, 3.8) is 0 Å². The minimum absolute atomic E-state index is 0.155. The van der Waals surface area contributed by atoms with Crippen LogP contribution in [0.5, 0.6) is 11.5 Å². The molecule has 1 aromatic heterocycles. The molecule has 0 unspecified atom stereocenters. The summed E-state index contributed by atoms with van der Waals surface area (Å²) in [6.45, 7) is 0. The summed E-state index contributed by atoms with van der Waals surface area (Å²) in [4.78, 5) is 19.4. The third kappa shape index (κ3) is 4.69. The van der Waals surface area contributed by atoms with E-state index < -0.39 is 0 Å². The van der Waals surface area contributed by atoms with Crippen LogP contribution in [-0.2, 0) is 5.75 Å². The normalized spacial score (nSPS) is 10.6. The first kappa shape index (κ1) is 18.1. The van der Waals surface area contributed by atoms with Gasteiger partial charge in [-0.15, -0.1) is 0 Å². The van der Waals surface area contributed by atoms with Crippen LogP contribution in [0.4, 0.5) is 0 Å². The topological polar surface area (TPSA) is 55.0 Å². The average Bonchev–Trinajstić information content (AvgIpc) is 2.74. The van der Waals surface area contributed by atoms with E-state index in [1.165, 1.54) is 17.8 Å². The van der Waals surface area contributed by atoms with Gasteiger partial charge in [-0.05, 0) is 29.8 Å². The van der Waals surface area contributed by atoms with E-state index in [9.17, 15) is 4.79 Å². The van der Waals surface area contributed by atoms with Crippen LogP contribution in [0, 0.1) is 0 Å². The van der Waals surface area contributed by atoms with Gasteiger partial charge >= 0.3 is 0 Å². The monoisotopic (exact) mass is 386 g/mol.